The molecule has 0 fully saturated rings. The van der Waals surface area contributed by atoms with Gasteiger partial charge in [-0.25, -0.2) is 9.48 Å². The molecule has 0 unspecified atom stereocenters. The maximum absolute atomic E-state index is 12.1. The van der Waals surface area contributed by atoms with Gasteiger partial charge in [-0.15, -0.1) is 0 Å². The van der Waals surface area contributed by atoms with E-state index >= 15 is 0 Å². The first-order valence-corrected chi connectivity index (χ1v) is 8.61. The topological polar surface area (TPSA) is 57.3 Å². The van der Waals surface area contributed by atoms with E-state index in [-0.39, 0.29) is 6.54 Å². The van der Waals surface area contributed by atoms with Crippen LogP contribution < -0.4 is 4.74 Å². The largest absolute Gasteiger partial charge is 0.462 e. The second kappa shape index (κ2) is 7.81. The Kier molecular flexibility index (Phi) is 5.49. The quantitative estimate of drug-likeness (QED) is 0.450. The molecule has 3 rings (SSSR count). The van der Waals surface area contributed by atoms with Gasteiger partial charge in [-0.2, -0.15) is 5.10 Å². The highest BCUT2D eigenvalue weighted by Gasteiger charge is 2.14. The zero-order valence-electron chi connectivity index (χ0n) is 14.2. The summed E-state index contributed by atoms with van der Waals surface area (Å²) in [6.45, 7) is 3.93. The number of ether oxygens (including phenoxy) is 1. The van der Waals surface area contributed by atoms with Crippen LogP contribution in [-0.4, -0.2) is 15.7 Å². The zero-order chi connectivity index (χ0) is 18.7. The van der Waals surface area contributed by atoms with E-state index in [0.29, 0.717) is 32.9 Å². The van der Waals surface area contributed by atoms with Crippen LogP contribution in [-0.2, 0) is 11.3 Å². The van der Waals surface area contributed by atoms with Gasteiger partial charge in [-0.1, -0.05) is 29.3 Å². The van der Waals surface area contributed by atoms with Gasteiger partial charge in [0.2, 0.25) is 5.88 Å². The van der Waals surface area contributed by atoms with Crippen LogP contribution in [0.2, 0.25) is 10.0 Å². The first-order valence-electron chi connectivity index (χ1n) is 7.86. The zero-order valence-corrected chi connectivity index (χ0v) is 15.7. The molecule has 0 saturated carbocycles. The fourth-order valence-electron chi connectivity index (χ4n) is 2.38. The predicted molar refractivity (Wildman–Crippen MR) is 101 cm³/mol. The molecule has 134 valence electrons. The second-order valence-corrected chi connectivity index (χ2v) is 6.50. The number of esters is 1. The fourth-order valence-corrected chi connectivity index (χ4v) is 2.90. The highest BCUT2D eigenvalue weighted by atomic mass is 35.5. The van der Waals surface area contributed by atoms with E-state index in [1.165, 1.54) is 6.08 Å². The molecule has 2 heterocycles. The van der Waals surface area contributed by atoms with Crippen molar-refractivity contribution in [1.29, 1.82) is 0 Å². The van der Waals surface area contributed by atoms with Crippen LogP contribution in [0.15, 0.2) is 46.9 Å². The predicted octanol–water partition coefficient (Wildman–Crippen LogP) is 5.07. The van der Waals surface area contributed by atoms with Crippen molar-refractivity contribution < 1.29 is 13.9 Å². The minimum absolute atomic E-state index is 0.288. The standard InChI is InChI=1S/C19H16Cl2N2O3/c1-12-10-18(26-19(24)9-8-14-7-6-13(2)25-14)23(22-12)11-15-16(20)4-3-5-17(15)21/h3-10H,11H2,1-2H3. The third-order valence-electron chi connectivity index (χ3n) is 3.58. The maximum Gasteiger partial charge on any atom is 0.337 e. The van der Waals surface area contributed by atoms with Gasteiger partial charge in [-0.05, 0) is 44.2 Å². The number of aromatic nitrogens is 2. The fraction of sp³-hybridized carbons (Fsp3) is 0.158. The highest BCUT2D eigenvalue weighted by Crippen LogP contribution is 2.27. The van der Waals surface area contributed by atoms with Crippen molar-refractivity contribution in [3.63, 3.8) is 0 Å². The Morgan fingerprint density at radius 3 is 2.62 bits per heavy atom. The van der Waals surface area contributed by atoms with Crippen LogP contribution in [0.4, 0.5) is 0 Å². The second-order valence-electron chi connectivity index (χ2n) is 5.68. The Bertz CT molecular complexity index is 953. The first-order chi connectivity index (χ1) is 12.4. The van der Waals surface area contributed by atoms with E-state index < -0.39 is 5.97 Å². The first kappa shape index (κ1) is 18.3. The van der Waals surface area contributed by atoms with Gasteiger partial charge in [0.05, 0.1) is 12.2 Å². The molecule has 0 amide bonds. The molecule has 0 saturated heterocycles. The summed E-state index contributed by atoms with van der Waals surface area (Å²) >= 11 is 12.4. The minimum atomic E-state index is -0.537. The minimum Gasteiger partial charge on any atom is -0.462 e. The van der Waals surface area contributed by atoms with E-state index in [1.54, 1.807) is 41.1 Å². The number of halogens is 2. The monoisotopic (exact) mass is 390 g/mol. The SMILES string of the molecule is Cc1cc(OC(=O)C=Cc2ccc(C)o2)n(Cc2c(Cl)cccc2Cl)n1. The van der Waals surface area contributed by atoms with Crippen molar-refractivity contribution in [2.75, 3.05) is 0 Å². The molecule has 0 aliphatic rings. The molecule has 0 aliphatic carbocycles. The number of carbonyl (C=O) groups is 1. The highest BCUT2D eigenvalue weighted by molar-refractivity contribution is 6.35. The van der Waals surface area contributed by atoms with Gasteiger partial charge in [-0.3, -0.25) is 0 Å². The average molecular weight is 391 g/mol. The number of hydrogen-bond acceptors (Lipinski definition) is 4. The summed E-state index contributed by atoms with van der Waals surface area (Å²) in [7, 11) is 0. The van der Waals surface area contributed by atoms with Crippen LogP contribution in [0, 0.1) is 13.8 Å². The van der Waals surface area contributed by atoms with E-state index in [2.05, 4.69) is 5.10 Å². The lowest BCUT2D eigenvalue weighted by Gasteiger charge is -2.09. The van der Waals surface area contributed by atoms with Crippen molar-refractivity contribution >= 4 is 35.2 Å². The van der Waals surface area contributed by atoms with E-state index in [9.17, 15) is 4.79 Å². The summed E-state index contributed by atoms with van der Waals surface area (Å²) in [6, 6.07) is 10.5. The van der Waals surface area contributed by atoms with Gasteiger partial charge in [0.15, 0.2) is 0 Å². The molecule has 1 aromatic carbocycles. The number of aryl methyl sites for hydroxylation is 2. The smallest absolute Gasteiger partial charge is 0.337 e. The summed E-state index contributed by atoms with van der Waals surface area (Å²) in [5, 5.41) is 5.39. The molecule has 2 aromatic heterocycles. The van der Waals surface area contributed by atoms with Crippen LogP contribution in [0.25, 0.3) is 6.08 Å². The molecule has 26 heavy (non-hydrogen) atoms. The Morgan fingerprint density at radius 2 is 1.96 bits per heavy atom. The van der Waals surface area contributed by atoms with Crippen molar-refractivity contribution in [2.24, 2.45) is 0 Å². The Labute approximate surface area is 160 Å². The van der Waals surface area contributed by atoms with Crippen molar-refractivity contribution in [3.05, 3.63) is 75.3 Å². The normalized spacial score (nSPS) is 11.2. The number of rotatable bonds is 5. The van der Waals surface area contributed by atoms with Crippen molar-refractivity contribution in [3.8, 4) is 5.88 Å². The molecule has 0 aliphatic heterocycles. The Morgan fingerprint density at radius 1 is 1.23 bits per heavy atom. The molecule has 7 heteroatoms. The van der Waals surface area contributed by atoms with E-state index in [1.807, 2.05) is 19.9 Å². The Balaban J connectivity index is 1.77. The molecule has 0 N–H and O–H groups in total. The summed E-state index contributed by atoms with van der Waals surface area (Å²) < 4.78 is 12.3. The van der Waals surface area contributed by atoms with E-state index in [4.69, 9.17) is 32.4 Å². The van der Waals surface area contributed by atoms with Gasteiger partial charge in [0.25, 0.3) is 0 Å². The summed E-state index contributed by atoms with van der Waals surface area (Å²) in [6.07, 6.45) is 2.85. The lowest BCUT2D eigenvalue weighted by Crippen LogP contribution is -2.11. The lowest BCUT2D eigenvalue weighted by molar-refractivity contribution is -0.129. The maximum atomic E-state index is 12.1. The van der Waals surface area contributed by atoms with Crippen LogP contribution in [0.5, 0.6) is 5.88 Å². The Hall–Kier alpha value is -2.50. The third-order valence-corrected chi connectivity index (χ3v) is 4.29. The van der Waals surface area contributed by atoms with E-state index in [0.717, 1.165) is 5.76 Å². The number of benzene rings is 1. The number of hydrogen-bond donors (Lipinski definition) is 0. The van der Waals surface area contributed by atoms with Crippen molar-refractivity contribution in [1.82, 2.24) is 9.78 Å². The van der Waals surface area contributed by atoms with Gasteiger partial charge in [0.1, 0.15) is 11.5 Å². The van der Waals surface area contributed by atoms with Crippen LogP contribution >= 0.6 is 23.2 Å². The molecule has 3 aromatic rings. The average Bonchev–Trinajstić information content (AvgIpc) is 3.14. The third kappa shape index (κ3) is 4.36. The van der Waals surface area contributed by atoms with Crippen molar-refractivity contribution in [2.45, 2.75) is 20.4 Å². The lowest BCUT2D eigenvalue weighted by atomic mass is 10.2. The van der Waals surface area contributed by atoms with Gasteiger partial charge < -0.3 is 9.15 Å². The molecule has 0 bridgehead atoms. The molecular weight excluding hydrogens is 375 g/mol. The van der Waals surface area contributed by atoms with Gasteiger partial charge >= 0.3 is 5.97 Å². The summed E-state index contributed by atoms with van der Waals surface area (Å²) in [5.74, 6) is 1.12. The number of nitrogens with zero attached hydrogens (tertiary/aromatic N) is 2. The van der Waals surface area contributed by atoms with Crippen LogP contribution in [0.3, 0.4) is 0 Å². The van der Waals surface area contributed by atoms with Gasteiger partial charge in [0, 0.05) is 27.8 Å². The molecular formula is C19H16Cl2N2O3. The molecule has 0 spiro atoms. The number of carbonyl (C=O) groups excluding carboxylic acids is 1. The molecule has 0 radical (unpaired) electrons. The number of furan rings is 1. The summed E-state index contributed by atoms with van der Waals surface area (Å²) in [5.41, 5.74) is 1.42. The summed E-state index contributed by atoms with van der Waals surface area (Å²) in [4.78, 5) is 12.1. The molecule has 5 nitrogen and oxygen atoms in total. The molecule has 0 atom stereocenters. The van der Waals surface area contributed by atoms with Crippen LogP contribution in [0.1, 0.15) is 22.8 Å².